The van der Waals surface area contributed by atoms with Crippen molar-refractivity contribution in [1.29, 1.82) is 5.26 Å². The van der Waals surface area contributed by atoms with Gasteiger partial charge in [0.15, 0.2) is 0 Å². The Kier molecular flexibility index (Phi) is 3.60. The average molecular weight is 231 g/mol. The molecule has 1 aliphatic carbocycles. The zero-order valence-electron chi connectivity index (χ0n) is 10.0. The summed E-state index contributed by atoms with van der Waals surface area (Å²) in [6, 6.07) is 4.02. The molecule has 0 saturated heterocycles. The minimum atomic E-state index is -0.0868. The van der Waals surface area contributed by atoms with Gasteiger partial charge >= 0.3 is 0 Å². The zero-order valence-corrected chi connectivity index (χ0v) is 10.0. The summed E-state index contributed by atoms with van der Waals surface area (Å²) in [5.41, 5.74) is 2.88. The van der Waals surface area contributed by atoms with Crippen LogP contribution in [0.2, 0.25) is 0 Å². The third-order valence-electron chi connectivity index (χ3n) is 3.08. The molecule has 1 atom stereocenters. The Hall–Kier alpha value is -1.60. The van der Waals surface area contributed by atoms with Crippen LogP contribution in [-0.4, -0.2) is 22.7 Å². The lowest BCUT2D eigenvalue weighted by molar-refractivity contribution is 0.281. The standard InChI is InChI=1S/C13H17N3O/c1-9(8-17)15-13-11(7-14)6-10-4-2-3-5-12(10)16-13/h6,9,17H,2-5,8H2,1H3,(H,15,16). The van der Waals surface area contributed by atoms with Gasteiger partial charge in [-0.25, -0.2) is 4.98 Å². The van der Waals surface area contributed by atoms with E-state index < -0.39 is 0 Å². The second-order valence-corrected chi connectivity index (χ2v) is 4.54. The Morgan fingerprint density at radius 1 is 1.53 bits per heavy atom. The van der Waals surface area contributed by atoms with Crippen molar-refractivity contribution in [3.8, 4) is 6.07 Å². The number of rotatable bonds is 3. The minimum Gasteiger partial charge on any atom is -0.394 e. The van der Waals surface area contributed by atoms with Crippen molar-refractivity contribution < 1.29 is 5.11 Å². The Morgan fingerprint density at radius 2 is 2.29 bits per heavy atom. The molecule has 0 saturated carbocycles. The zero-order chi connectivity index (χ0) is 12.3. The third kappa shape index (κ3) is 2.56. The Labute approximate surface area is 101 Å². The number of fused-ring (bicyclic) bond motifs is 1. The van der Waals surface area contributed by atoms with Gasteiger partial charge in [-0.1, -0.05) is 0 Å². The van der Waals surface area contributed by atoms with E-state index in [-0.39, 0.29) is 12.6 Å². The molecule has 0 amide bonds. The first-order valence-electron chi connectivity index (χ1n) is 6.05. The van der Waals surface area contributed by atoms with E-state index in [1.54, 1.807) is 0 Å². The van der Waals surface area contributed by atoms with E-state index >= 15 is 0 Å². The maximum atomic E-state index is 9.11. The molecule has 0 aliphatic heterocycles. The summed E-state index contributed by atoms with van der Waals surface area (Å²) in [4.78, 5) is 4.53. The van der Waals surface area contributed by atoms with Gasteiger partial charge in [-0.15, -0.1) is 0 Å². The molecule has 0 bridgehead atoms. The SMILES string of the molecule is CC(CO)Nc1nc2c(cc1C#N)CCCC2. The van der Waals surface area contributed by atoms with Gasteiger partial charge in [-0.3, -0.25) is 0 Å². The number of nitrogens with zero attached hydrogens (tertiary/aromatic N) is 2. The predicted octanol–water partition coefficient (Wildman–Crippen LogP) is 1.62. The Morgan fingerprint density at radius 3 is 3.00 bits per heavy atom. The van der Waals surface area contributed by atoms with Crippen molar-refractivity contribution in [2.45, 2.75) is 38.6 Å². The fraction of sp³-hybridized carbons (Fsp3) is 0.538. The molecule has 4 heteroatoms. The van der Waals surface area contributed by atoms with Crippen molar-refractivity contribution in [3.05, 3.63) is 22.9 Å². The van der Waals surface area contributed by atoms with Crippen LogP contribution >= 0.6 is 0 Å². The van der Waals surface area contributed by atoms with E-state index in [2.05, 4.69) is 16.4 Å². The van der Waals surface area contributed by atoms with Gasteiger partial charge in [0.25, 0.3) is 0 Å². The Bertz CT molecular complexity index is 451. The maximum Gasteiger partial charge on any atom is 0.144 e. The summed E-state index contributed by atoms with van der Waals surface area (Å²) in [7, 11) is 0. The summed E-state index contributed by atoms with van der Waals surface area (Å²) in [5, 5.41) is 21.2. The summed E-state index contributed by atoms with van der Waals surface area (Å²) in [6.45, 7) is 1.89. The van der Waals surface area contributed by atoms with Gasteiger partial charge in [0.1, 0.15) is 11.9 Å². The minimum absolute atomic E-state index is 0.0314. The highest BCUT2D eigenvalue weighted by molar-refractivity contribution is 5.55. The van der Waals surface area contributed by atoms with E-state index in [1.807, 2.05) is 13.0 Å². The number of aryl methyl sites for hydroxylation is 2. The highest BCUT2D eigenvalue weighted by atomic mass is 16.3. The summed E-state index contributed by atoms with van der Waals surface area (Å²) < 4.78 is 0. The summed E-state index contributed by atoms with van der Waals surface area (Å²) in [5.74, 6) is 0.606. The van der Waals surface area contributed by atoms with Crippen molar-refractivity contribution in [2.75, 3.05) is 11.9 Å². The lowest BCUT2D eigenvalue weighted by Crippen LogP contribution is -2.21. The van der Waals surface area contributed by atoms with Crippen molar-refractivity contribution >= 4 is 5.82 Å². The van der Waals surface area contributed by atoms with E-state index in [0.29, 0.717) is 11.4 Å². The number of hydrogen-bond donors (Lipinski definition) is 2. The molecule has 0 aromatic carbocycles. The number of nitrogens with one attached hydrogen (secondary N) is 1. The van der Waals surface area contributed by atoms with Crippen LogP contribution in [-0.2, 0) is 12.8 Å². The molecule has 0 radical (unpaired) electrons. The Balaban J connectivity index is 2.34. The number of hydrogen-bond acceptors (Lipinski definition) is 4. The molecule has 1 aromatic rings. The monoisotopic (exact) mass is 231 g/mol. The first kappa shape index (κ1) is 11.9. The van der Waals surface area contributed by atoms with Gasteiger partial charge in [0.05, 0.1) is 12.2 Å². The molecular weight excluding hydrogens is 214 g/mol. The molecule has 2 rings (SSSR count). The van der Waals surface area contributed by atoms with E-state index in [4.69, 9.17) is 10.4 Å². The van der Waals surface area contributed by atoms with Crippen molar-refractivity contribution in [1.82, 2.24) is 4.98 Å². The number of nitriles is 1. The molecule has 1 aliphatic rings. The fourth-order valence-corrected chi connectivity index (χ4v) is 2.11. The van der Waals surface area contributed by atoms with Crippen LogP contribution < -0.4 is 5.32 Å². The number of aliphatic hydroxyl groups excluding tert-OH is 1. The highest BCUT2D eigenvalue weighted by Crippen LogP contribution is 2.24. The molecule has 0 fully saturated rings. The molecule has 2 N–H and O–H groups in total. The molecule has 1 aromatic heterocycles. The van der Waals surface area contributed by atoms with E-state index in [1.165, 1.54) is 18.4 Å². The van der Waals surface area contributed by atoms with Gasteiger partial charge in [-0.2, -0.15) is 5.26 Å². The smallest absolute Gasteiger partial charge is 0.144 e. The van der Waals surface area contributed by atoms with Crippen molar-refractivity contribution in [2.24, 2.45) is 0 Å². The first-order chi connectivity index (χ1) is 8.24. The summed E-state index contributed by atoms with van der Waals surface area (Å²) >= 11 is 0. The normalized spacial score (nSPS) is 15.8. The third-order valence-corrected chi connectivity index (χ3v) is 3.08. The van der Waals surface area contributed by atoms with Crippen LogP contribution in [0.15, 0.2) is 6.07 Å². The number of aromatic nitrogens is 1. The first-order valence-corrected chi connectivity index (χ1v) is 6.05. The van der Waals surface area contributed by atoms with Crippen LogP contribution in [0.4, 0.5) is 5.82 Å². The van der Waals surface area contributed by atoms with Crippen LogP contribution in [0.3, 0.4) is 0 Å². The van der Waals surface area contributed by atoms with E-state index in [0.717, 1.165) is 18.5 Å². The molecule has 17 heavy (non-hydrogen) atoms. The van der Waals surface area contributed by atoms with Gasteiger partial charge in [-0.05, 0) is 44.2 Å². The predicted molar refractivity (Wildman–Crippen MR) is 65.8 cm³/mol. The van der Waals surface area contributed by atoms with Gasteiger partial charge in [0.2, 0.25) is 0 Å². The lowest BCUT2D eigenvalue weighted by Gasteiger charge is -2.19. The fourth-order valence-electron chi connectivity index (χ4n) is 2.11. The van der Waals surface area contributed by atoms with Gasteiger partial charge in [0, 0.05) is 11.7 Å². The van der Waals surface area contributed by atoms with Crippen LogP contribution in [0, 0.1) is 11.3 Å². The largest absolute Gasteiger partial charge is 0.394 e. The van der Waals surface area contributed by atoms with Crippen LogP contribution in [0.1, 0.15) is 36.6 Å². The molecular formula is C13H17N3O. The number of anilines is 1. The second kappa shape index (κ2) is 5.15. The van der Waals surface area contributed by atoms with Gasteiger partial charge < -0.3 is 10.4 Å². The second-order valence-electron chi connectivity index (χ2n) is 4.54. The van der Waals surface area contributed by atoms with Crippen LogP contribution in [0.25, 0.3) is 0 Å². The number of aliphatic hydroxyl groups is 1. The number of pyridine rings is 1. The molecule has 1 unspecified atom stereocenters. The molecule has 90 valence electrons. The molecule has 0 spiro atoms. The molecule has 4 nitrogen and oxygen atoms in total. The maximum absolute atomic E-state index is 9.11. The topological polar surface area (TPSA) is 68.9 Å². The van der Waals surface area contributed by atoms with Crippen LogP contribution in [0.5, 0.6) is 0 Å². The quantitative estimate of drug-likeness (QED) is 0.829. The highest BCUT2D eigenvalue weighted by Gasteiger charge is 2.15. The molecule has 1 heterocycles. The van der Waals surface area contributed by atoms with E-state index in [9.17, 15) is 0 Å². The van der Waals surface area contributed by atoms with Crippen molar-refractivity contribution in [3.63, 3.8) is 0 Å². The average Bonchev–Trinajstić information content (AvgIpc) is 2.37. The summed E-state index contributed by atoms with van der Waals surface area (Å²) in [6.07, 6.45) is 4.36. The lowest BCUT2D eigenvalue weighted by atomic mass is 9.95.